The maximum Gasteiger partial charge on any atom is 0.154 e. The first-order chi connectivity index (χ1) is 13.5. The number of hydrogen-bond donors (Lipinski definition) is 1. The summed E-state index contributed by atoms with van der Waals surface area (Å²) >= 11 is 19.9. The van der Waals surface area contributed by atoms with E-state index in [-0.39, 0.29) is 0 Å². The Morgan fingerprint density at radius 1 is 0.964 bits per heavy atom. The zero-order valence-electron chi connectivity index (χ0n) is 15.9. The van der Waals surface area contributed by atoms with Gasteiger partial charge in [-0.15, -0.1) is 11.3 Å². The number of benzene rings is 1. The molecule has 28 heavy (non-hydrogen) atoms. The minimum absolute atomic E-state index is 0.468. The van der Waals surface area contributed by atoms with E-state index in [1.807, 2.05) is 12.1 Å². The van der Waals surface area contributed by atoms with Gasteiger partial charge >= 0.3 is 0 Å². The molecule has 0 bridgehead atoms. The van der Waals surface area contributed by atoms with Crippen molar-refractivity contribution in [3.8, 4) is 10.6 Å². The molecule has 0 unspecified atom stereocenters. The first-order valence-corrected chi connectivity index (χ1v) is 11.4. The molecule has 0 amide bonds. The van der Waals surface area contributed by atoms with Gasteiger partial charge in [0.1, 0.15) is 5.69 Å². The number of anilines is 1. The highest BCUT2D eigenvalue weighted by Crippen LogP contribution is 2.36. The van der Waals surface area contributed by atoms with Crippen LogP contribution in [0.1, 0.15) is 26.7 Å². The van der Waals surface area contributed by atoms with Crippen LogP contribution in [0.15, 0.2) is 24.3 Å². The molecule has 2 aromatic heterocycles. The Balaban J connectivity index is 1.81. The molecule has 0 fully saturated rings. The molecule has 2 heterocycles. The molecule has 0 atom stereocenters. The predicted octanol–water partition coefficient (Wildman–Crippen LogP) is 6.85. The molecule has 0 radical (unpaired) electrons. The van der Waals surface area contributed by atoms with Crippen molar-refractivity contribution >= 4 is 63.0 Å². The summed E-state index contributed by atoms with van der Waals surface area (Å²) in [5.41, 5.74) is 2.21. The lowest BCUT2D eigenvalue weighted by molar-refractivity contribution is 0.298. The molecule has 0 saturated heterocycles. The quantitative estimate of drug-likeness (QED) is 0.357. The fourth-order valence-corrected chi connectivity index (χ4v) is 4.34. The van der Waals surface area contributed by atoms with E-state index in [4.69, 9.17) is 44.8 Å². The summed E-state index contributed by atoms with van der Waals surface area (Å²) in [5, 5.41) is 4.39. The van der Waals surface area contributed by atoms with Crippen LogP contribution in [0.25, 0.3) is 21.6 Å². The van der Waals surface area contributed by atoms with Gasteiger partial charge in [0.05, 0.1) is 30.3 Å². The minimum atomic E-state index is 0.468. The molecule has 3 rings (SSSR count). The SMILES string of the molecule is CCN(CC)CCCCNc1nc2cc(Cl)c(Cl)cc2nc1-c1ccc(Cl)s1. The van der Waals surface area contributed by atoms with Crippen LogP contribution in [0.2, 0.25) is 14.4 Å². The van der Waals surface area contributed by atoms with E-state index in [1.165, 1.54) is 11.3 Å². The fraction of sp³-hybridized carbons (Fsp3) is 0.400. The molecule has 0 spiro atoms. The molecule has 1 aromatic carbocycles. The molecule has 4 nitrogen and oxygen atoms in total. The fourth-order valence-electron chi connectivity index (χ4n) is 3.00. The second kappa shape index (κ2) is 10.1. The standard InChI is InChI=1S/C20H23Cl3N4S/c1-3-27(4-2)10-6-5-9-24-20-19(17-7-8-18(23)28-17)25-15-11-13(21)14(22)12-16(15)26-20/h7-8,11-12H,3-6,9-10H2,1-2H3,(H,24,26). The van der Waals surface area contributed by atoms with Gasteiger partial charge in [-0.2, -0.15) is 0 Å². The van der Waals surface area contributed by atoms with Gasteiger partial charge in [-0.05, 0) is 56.7 Å². The number of nitrogens with one attached hydrogen (secondary N) is 1. The highest BCUT2D eigenvalue weighted by atomic mass is 35.5. The second-order valence-corrected chi connectivity index (χ2v) is 8.97. The van der Waals surface area contributed by atoms with Crippen LogP contribution >= 0.6 is 46.1 Å². The average molecular weight is 458 g/mol. The Bertz CT molecular complexity index is 941. The third-order valence-electron chi connectivity index (χ3n) is 4.60. The number of unbranched alkanes of at least 4 members (excludes halogenated alkanes) is 1. The highest BCUT2D eigenvalue weighted by Gasteiger charge is 2.14. The highest BCUT2D eigenvalue weighted by molar-refractivity contribution is 7.19. The second-order valence-electron chi connectivity index (χ2n) is 6.44. The van der Waals surface area contributed by atoms with Crippen LogP contribution in [0.3, 0.4) is 0 Å². The molecule has 3 aromatic rings. The van der Waals surface area contributed by atoms with E-state index in [9.17, 15) is 0 Å². The van der Waals surface area contributed by atoms with E-state index in [2.05, 4.69) is 24.1 Å². The number of fused-ring (bicyclic) bond motifs is 1. The summed E-state index contributed by atoms with van der Waals surface area (Å²) in [4.78, 5) is 13.0. The Labute approximate surface area is 184 Å². The van der Waals surface area contributed by atoms with Gasteiger partial charge in [0.15, 0.2) is 5.82 Å². The van der Waals surface area contributed by atoms with E-state index < -0.39 is 0 Å². The van der Waals surface area contributed by atoms with Crippen molar-refractivity contribution in [2.75, 3.05) is 31.5 Å². The molecule has 1 N–H and O–H groups in total. The van der Waals surface area contributed by atoms with Crippen LogP contribution in [0.4, 0.5) is 5.82 Å². The maximum atomic E-state index is 6.16. The number of thiophene rings is 1. The normalized spacial score (nSPS) is 11.5. The summed E-state index contributed by atoms with van der Waals surface area (Å²) in [7, 11) is 0. The zero-order chi connectivity index (χ0) is 20.1. The van der Waals surface area contributed by atoms with Crippen LogP contribution in [0.5, 0.6) is 0 Å². The van der Waals surface area contributed by atoms with Gasteiger partial charge in [-0.1, -0.05) is 48.7 Å². The third-order valence-corrected chi connectivity index (χ3v) is 6.56. The van der Waals surface area contributed by atoms with E-state index in [0.717, 1.165) is 59.7 Å². The Morgan fingerprint density at radius 2 is 1.64 bits per heavy atom. The third kappa shape index (κ3) is 5.28. The Morgan fingerprint density at radius 3 is 2.25 bits per heavy atom. The van der Waals surface area contributed by atoms with Crippen molar-refractivity contribution in [2.45, 2.75) is 26.7 Å². The lowest BCUT2D eigenvalue weighted by Gasteiger charge is -2.17. The molecule has 0 saturated carbocycles. The average Bonchev–Trinajstić information content (AvgIpc) is 3.11. The number of aromatic nitrogens is 2. The lowest BCUT2D eigenvalue weighted by Crippen LogP contribution is -2.24. The Hall–Kier alpha value is -1.11. The summed E-state index contributed by atoms with van der Waals surface area (Å²) in [6.07, 6.45) is 2.19. The smallest absolute Gasteiger partial charge is 0.154 e. The van der Waals surface area contributed by atoms with Crippen molar-refractivity contribution in [3.63, 3.8) is 0 Å². The molecule has 8 heteroatoms. The molecule has 150 valence electrons. The number of rotatable bonds is 9. The molecule has 0 aliphatic heterocycles. The monoisotopic (exact) mass is 456 g/mol. The van der Waals surface area contributed by atoms with Gasteiger partial charge in [0, 0.05) is 6.54 Å². The maximum absolute atomic E-state index is 6.16. The van der Waals surface area contributed by atoms with Gasteiger partial charge in [0.2, 0.25) is 0 Å². The van der Waals surface area contributed by atoms with Crippen molar-refractivity contribution < 1.29 is 0 Å². The first kappa shape index (κ1) is 21.6. The summed E-state index contributed by atoms with van der Waals surface area (Å²) in [5.74, 6) is 0.743. The molecular formula is C20H23Cl3N4S. The van der Waals surface area contributed by atoms with Crippen LogP contribution in [-0.2, 0) is 0 Å². The summed E-state index contributed by atoms with van der Waals surface area (Å²) in [6.45, 7) is 8.51. The topological polar surface area (TPSA) is 41.0 Å². The van der Waals surface area contributed by atoms with E-state index in [1.54, 1.807) is 12.1 Å². The van der Waals surface area contributed by atoms with Gasteiger partial charge in [-0.25, -0.2) is 9.97 Å². The van der Waals surface area contributed by atoms with Crippen molar-refractivity contribution in [1.29, 1.82) is 0 Å². The predicted molar refractivity (Wildman–Crippen MR) is 123 cm³/mol. The van der Waals surface area contributed by atoms with Crippen LogP contribution < -0.4 is 5.32 Å². The molecular weight excluding hydrogens is 435 g/mol. The zero-order valence-corrected chi connectivity index (χ0v) is 19.0. The van der Waals surface area contributed by atoms with E-state index in [0.29, 0.717) is 21.1 Å². The molecule has 0 aliphatic carbocycles. The first-order valence-electron chi connectivity index (χ1n) is 9.40. The van der Waals surface area contributed by atoms with Crippen molar-refractivity contribution in [1.82, 2.24) is 14.9 Å². The number of nitrogens with zero attached hydrogens (tertiary/aromatic N) is 3. The minimum Gasteiger partial charge on any atom is -0.368 e. The summed E-state index contributed by atoms with van der Waals surface area (Å²) < 4.78 is 0.719. The number of hydrogen-bond acceptors (Lipinski definition) is 5. The van der Waals surface area contributed by atoms with Crippen LogP contribution in [-0.4, -0.2) is 41.0 Å². The largest absolute Gasteiger partial charge is 0.368 e. The van der Waals surface area contributed by atoms with Crippen molar-refractivity contribution in [2.24, 2.45) is 0 Å². The molecule has 0 aliphatic rings. The van der Waals surface area contributed by atoms with Gasteiger partial charge in [0.25, 0.3) is 0 Å². The number of halogens is 3. The van der Waals surface area contributed by atoms with E-state index >= 15 is 0 Å². The Kier molecular flexibility index (Phi) is 7.77. The van der Waals surface area contributed by atoms with Crippen LogP contribution in [0, 0.1) is 0 Å². The van der Waals surface area contributed by atoms with Gasteiger partial charge < -0.3 is 10.2 Å². The van der Waals surface area contributed by atoms with Crippen molar-refractivity contribution in [3.05, 3.63) is 38.6 Å². The lowest BCUT2D eigenvalue weighted by atomic mass is 10.2. The summed E-state index contributed by atoms with van der Waals surface area (Å²) in [6, 6.07) is 7.34. The van der Waals surface area contributed by atoms with Gasteiger partial charge in [-0.3, -0.25) is 0 Å².